The molecule has 130 valence electrons. The van der Waals surface area contributed by atoms with Crippen molar-refractivity contribution in [1.82, 2.24) is 25.1 Å². The molecule has 3 aromatic heterocycles. The first-order valence-corrected chi connectivity index (χ1v) is 9.63. The standard InChI is InChI=1S/C15H17N7OS2/c1-10-6-11-13(16-8-17-14(11)25-10)22-4-2-21(3-5-22)7-12(23)19-15-20-18-9-24-15/h6,8-9H,2-5,7H2,1H3,(H,19,20,23). The number of hydrogen-bond acceptors (Lipinski definition) is 9. The van der Waals surface area contributed by atoms with Crippen molar-refractivity contribution in [2.75, 3.05) is 42.9 Å². The molecule has 0 unspecified atom stereocenters. The predicted molar refractivity (Wildman–Crippen MR) is 99.3 cm³/mol. The van der Waals surface area contributed by atoms with E-state index in [2.05, 4.69) is 48.3 Å². The Hall–Kier alpha value is -2.17. The Labute approximate surface area is 152 Å². The number of nitrogens with zero attached hydrogens (tertiary/aromatic N) is 6. The molecule has 1 fully saturated rings. The number of rotatable bonds is 4. The highest BCUT2D eigenvalue weighted by atomic mass is 32.1. The quantitative estimate of drug-likeness (QED) is 0.741. The van der Waals surface area contributed by atoms with Crippen LogP contribution in [0.3, 0.4) is 0 Å². The van der Waals surface area contributed by atoms with Crippen molar-refractivity contribution >= 4 is 49.7 Å². The lowest BCUT2D eigenvalue weighted by atomic mass is 10.2. The molecule has 0 spiro atoms. The molecule has 0 atom stereocenters. The maximum Gasteiger partial charge on any atom is 0.240 e. The second kappa shape index (κ2) is 6.98. The Morgan fingerprint density at radius 1 is 1.28 bits per heavy atom. The van der Waals surface area contributed by atoms with Gasteiger partial charge in [-0.05, 0) is 13.0 Å². The largest absolute Gasteiger partial charge is 0.353 e. The first-order chi connectivity index (χ1) is 12.2. The van der Waals surface area contributed by atoms with Gasteiger partial charge in [0.2, 0.25) is 11.0 Å². The summed E-state index contributed by atoms with van der Waals surface area (Å²) >= 11 is 3.01. The molecule has 1 amide bonds. The lowest BCUT2D eigenvalue weighted by Crippen LogP contribution is -2.49. The molecular formula is C15H17N7OS2. The second-order valence-corrected chi connectivity index (χ2v) is 7.90. The van der Waals surface area contributed by atoms with Gasteiger partial charge < -0.3 is 4.90 Å². The molecule has 1 saturated heterocycles. The summed E-state index contributed by atoms with van der Waals surface area (Å²) < 4.78 is 0. The fourth-order valence-corrected chi connectivity index (χ4v) is 4.23. The van der Waals surface area contributed by atoms with Gasteiger partial charge in [0, 0.05) is 31.1 Å². The summed E-state index contributed by atoms with van der Waals surface area (Å²) in [5.41, 5.74) is 1.60. The highest BCUT2D eigenvalue weighted by Gasteiger charge is 2.22. The normalized spacial score (nSPS) is 15.6. The zero-order valence-electron chi connectivity index (χ0n) is 13.7. The van der Waals surface area contributed by atoms with Gasteiger partial charge in [0.15, 0.2) is 0 Å². The minimum absolute atomic E-state index is 0.0527. The summed E-state index contributed by atoms with van der Waals surface area (Å²) in [6.07, 6.45) is 1.63. The van der Waals surface area contributed by atoms with Gasteiger partial charge in [-0.15, -0.1) is 21.5 Å². The number of thiophene rings is 1. The lowest BCUT2D eigenvalue weighted by molar-refractivity contribution is -0.117. The lowest BCUT2D eigenvalue weighted by Gasteiger charge is -2.35. The molecule has 0 bridgehead atoms. The highest BCUT2D eigenvalue weighted by molar-refractivity contribution is 7.18. The number of fused-ring (bicyclic) bond motifs is 1. The average molecular weight is 375 g/mol. The van der Waals surface area contributed by atoms with Gasteiger partial charge in [0.25, 0.3) is 0 Å². The molecule has 0 aliphatic carbocycles. The Bertz CT molecular complexity index is 871. The molecule has 1 N–H and O–H groups in total. The van der Waals surface area contributed by atoms with Gasteiger partial charge >= 0.3 is 0 Å². The molecule has 0 radical (unpaired) electrons. The molecule has 1 aliphatic heterocycles. The van der Waals surface area contributed by atoms with Crippen molar-refractivity contribution in [1.29, 1.82) is 0 Å². The van der Waals surface area contributed by atoms with Gasteiger partial charge in [-0.3, -0.25) is 15.0 Å². The molecule has 8 nitrogen and oxygen atoms in total. The van der Waals surface area contributed by atoms with Crippen LogP contribution in [-0.2, 0) is 4.79 Å². The van der Waals surface area contributed by atoms with Crippen LogP contribution < -0.4 is 10.2 Å². The molecule has 0 aromatic carbocycles. The van der Waals surface area contributed by atoms with Crippen LogP contribution in [0.25, 0.3) is 10.2 Å². The van der Waals surface area contributed by atoms with Gasteiger partial charge in [0.1, 0.15) is 22.5 Å². The Morgan fingerprint density at radius 2 is 2.12 bits per heavy atom. The number of aryl methyl sites for hydroxylation is 1. The van der Waals surface area contributed by atoms with Crippen LogP contribution in [0.4, 0.5) is 10.9 Å². The Morgan fingerprint density at radius 3 is 2.88 bits per heavy atom. The summed E-state index contributed by atoms with van der Waals surface area (Å²) in [5.74, 6) is 0.940. The zero-order chi connectivity index (χ0) is 17.2. The van der Waals surface area contributed by atoms with Crippen molar-refractivity contribution in [3.8, 4) is 0 Å². The zero-order valence-corrected chi connectivity index (χ0v) is 15.3. The van der Waals surface area contributed by atoms with Gasteiger partial charge in [-0.2, -0.15) is 0 Å². The smallest absolute Gasteiger partial charge is 0.240 e. The third-order valence-corrected chi connectivity index (χ3v) is 5.64. The van der Waals surface area contributed by atoms with E-state index in [4.69, 9.17) is 0 Å². The topological polar surface area (TPSA) is 87.1 Å². The fraction of sp³-hybridized carbons (Fsp3) is 0.400. The SMILES string of the molecule is Cc1cc2c(N3CCN(CC(=O)Nc4nncs4)CC3)ncnc2s1. The number of hydrogen-bond donors (Lipinski definition) is 1. The van der Waals surface area contributed by atoms with E-state index in [-0.39, 0.29) is 5.91 Å². The van der Waals surface area contributed by atoms with Crippen molar-refractivity contribution in [3.05, 3.63) is 22.8 Å². The van der Waals surface area contributed by atoms with E-state index in [1.54, 1.807) is 23.2 Å². The predicted octanol–water partition coefficient (Wildman–Crippen LogP) is 1.61. The third kappa shape index (κ3) is 3.60. The Kier molecular flexibility index (Phi) is 4.55. The fourth-order valence-electron chi connectivity index (χ4n) is 2.92. The van der Waals surface area contributed by atoms with Crippen LogP contribution in [0.5, 0.6) is 0 Å². The van der Waals surface area contributed by atoms with Crippen molar-refractivity contribution < 1.29 is 4.79 Å². The summed E-state index contributed by atoms with van der Waals surface area (Å²) in [7, 11) is 0. The van der Waals surface area contributed by atoms with E-state index < -0.39 is 0 Å². The van der Waals surface area contributed by atoms with Crippen LogP contribution in [0, 0.1) is 6.92 Å². The van der Waals surface area contributed by atoms with E-state index in [9.17, 15) is 4.79 Å². The minimum atomic E-state index is -0.0527. The first kappa shape index (κ1) is 16.3. The van der Waals surface area contributed by atoms with Gasteiger partial charge in [-0.25, -0.2) is 9.97 Å². The summed E-state index contributed by atoms with van der Waals surface area (Å²) in [5, 5.41) is 12.0. The summed E-state index contributed by atoms with van der Waals surface area (Å²) in [6.45, 7) is 5.77. The van der Waals surface area contributed by atoms with Crippen molar-refractivity contribution in [3.63, 3.8) is 0 Å². The van der Waals surface area contributed by atoms with Crippen LogP contribution in [-0.4, -0.2) is 63.7 Å². The van der Waals surface area contributed by atoms with Crippen LogP contribution in [0.15, 0.2) is 17.9 Å². The first-order valence-electron chi connectivity index (χ1n) is 7.93. The number of nitrogens with one attached hydrogen (secondary N) is 1. The number of carbonyl (C=O) groups excluding carboxylic acids is 1. The molecule has 1 aliphatic rings. The number of amides is 1. The number of aromatic nitrogens is 4. The summed E-state index contributed by atoms with van der Waals surface area (Å²) in [4.78, 5) is 27.6. The molecular weight excluding hydrogens is 358 g/mol. The maximum atomic E-state index is 12.1. The monoisotopic (exact) mass is 375 g/mol. The van der Waals surface area contributed by atoms with Gasteiger partial charge in [0.05, 0.1) is 11.9 Å². The molecule has 0 saturated carbocycles. The molecule has 25 heavy (non-hydrogen) atoms. The third-order valence-electron chi connectivity index (χ3n) is 4.08. The van der Waals surface area contributed by atoms with Crippen LogP contribution >= 0.6 is 22.7 Å². The van der Waals surface area contributed by atoms with Crippen LogP contribution in [0.1, 0.15) is 4.88 Å². The van der Waals surface area contributed by atoms with Crippen molar-refractivity contribution in [2.24, 2.45) is 0 Å². The molecule has 3 aromatic rings. The minimum Gasteiger partial charge on any atom is -0.353 e. The van der Waals surface area contributed by atoms with E-state index >= 15 is 0 Å². The Balaban J connectivity index is 1.37. The van der Waals surface area contributed by atoms with E-state index in [1.165, 1.54) is 16.2 Å². The van der Waals surface area contributed by atoms with Crippen molar-refractivity contribution in [2.45, 2.75) is 6.92 Å². The van der Waals surface area contributed by atoms with Gasteiger partial charge in [-0.1, -0.05) is 11.3 Å². The molecule has 4 heterocycles. The highest BCUT2D eigenvalue weighted by Crippen LogP contribution is 2.30. The van der Waals surface area contributed by atoms with E-state index in [0.29, 0.717) is 11.7 Å². The number of anilines is 2. The number of piperazine rings is 1. The van der Waals surface area contributed by atoms with E-state index in [1.807, 2.05) is 0 Å². The van der Waals surface area contributed by atoms with Crippen LogP contribution in [0.2, 0.25) is 0 Å². The second-order valence-electron chi connectivity index (χ2n) is 5.83. The molecule has 10 heteroatoms. The van der Waals surface area contributed by atoms with E-state index in [0.717, 1.165) is 42.2 Å². The summed E-state index contributed by atoms with van der Waals surface area (Å²) in [6, 6.07) is 2.15. The number of carbonyl (C=O) groups is 1. The maximum absolute atomic E-state index is 12.1. The average Bonchev–Trinajstić information content (AvgIpc) is 3.23. The molecule has 4 rings (SSSR count).